The first-order valence-corrected chi connectivity index (χ1v) is 12.4. The molecular formula is C20H20BrClFN5O4S. The Morgan fingerprint density at radius 1 is 1.27 bits per heavy atom. The molecule has 1 aliphatic rings. The standard InChI is InChI=1S/C20H20BrClFN5O4S/c1-27-10-24-13-5-6-14(17(21)16(13)20(27)29)25-19-12(23)3-4-15(18(19)22)26-33(30,31)28-8-7-11(9-28)32-2/h3-6,10-11,25-26H,7-9H2,1-2H3/t11-/m1/s1. The van der Waals surface area contributed by atoms with Crippen molar-refractivity contribution in [2.75, 3.05) is 30.2 Å². The van der Waals surface area contributed by atoms with E-state index in [2.05, 4.69) is 31.0 Å². The summed E-state index contributed by atoms with van der Waals surface area (Å²) in [5, 5.41) is 3.01. The van der Waals surface area contributed by atoms with E-state index in [4.69, 9.17) is 16.3 Å². The Hall–Kier alpha value is -2.25. The van der Waals surface area contributed by atoms with Gasteiger partial charge >= 0.3 is 10.2 Å². The Kier molecular flexibility index (Phi) is 6.65. The lowest BCUT2D eigenvalue weighted by molar-refractivity contribution is 0.115. The van der Waals surface area contributed by atoms with Crippen molar-refractivity contribution < 1.29 is 17.5 Å². The lowest BCUT2D eigenvalue weighted by Crippen LogP contribution is -2.35. The van der Waals surface area contributed by atoms with E-state index in [1.165, 1.54) is 28.4 Å². The Morgan fingerprint density at radius 3 is 2.70 bits per heavy atom. The fourth-order valence-corrected chi connectivity index (χ4v) is 5.74. The highest BCUT2D eigenvalue weighted by molar-refractivity contribution is 9.10. The molecule has 3 aromatic rings. The van der Waals surface area contributed by atoms with Crippen molar-refractivity contribution in [3.05, 3.63) is 56.3 Å². The lowest BCUT2D eigenvalue weighted by Gasteiger charge is -2.20. The second-order valence-electron chi connectivity index (χ2n) is 7.50. The van der Waals surface area contributed by atoms with Crippen LogP contribution < -0.4 is 15.6 Å². The zero-order chi connectivity index (χ0) is 23.9. The van der Waals surface area contributed by atoms with E-state index in [1.54, 1.807) is 19.2 Å². The molecule has 2 N–H and O–H groups in total. The zero-order valence-electron chi connectivity index (χ0n) is 17.6. The normalized spacial score (nSPS) is 16.9. The Labute approximate surface area is 202 Å². The number of hydrogen-bond donors (Lipinski definition) is 2. The highest BCUT2D eigenvalue weighted by Crippen LogP contribution is 2.38. The van der Waals surface area contributed by atoms with Gasteiger partial charge < -0.3 is 14.6 Å². The minimum Gasteiger partial charge on any atom is -0.380 e. The smallest absolute Gasteiger partial charge is 0.301 e. The summed E-state index contributed by atoms with van der Waals surface area (Å²) in [6.07, 6.45) is 1.80. The van der Waals surface area contributed by atoms with E-state index in [1.807, 2.05) is 0 Å². The van der Waals surface area contributed by atoms with Gasteiger partial charge in [-0.1, -0.05) is 11.6 Å². The number of fused-ring (bicyclic) bond motifs is 1. The second kappa shape index (κ2) is 9.18. The third-order valence-electron chi connectivity index (χ3n) is 5.39. The first kappa shape index (κ1) is 23.9. The fraction of sp³-hybridized carbons (Fsp3) is 0.300. The third kappa shape index (κ3) is 4.58. The molecule has 1 fully saturated rings. The molecule has 9 nitrogen and oxygen atoms in total. The first-order chi connectivity index (χ1) is 15.6. The van der Waals surface area contributed by atoms with Gasteiger partial charge in [-0.3, -0.25) is 9.52 Å². The average Bonchev–Trinajstić information content (AvgIpc) is 3.27. The van der Waals surface area contributed by atoms with Crippen molar-refractivity contribution >= 4 is 65.7 Å². The van der Waals surface area contributed by atoms with Crippen molar-refractivity contribution in [2.24, 2.45) is 7.05 Å². The van der Waals surface area contributed by atoms with Gasteiger partial charge in [-0.15, -0.1) is 0 Å². The molecule has 1 atom stereocenters. The maximum atomic E-state index is 14.7. The van der Waals surface area contributed by atoms with E-state index in [9.17, 15) is 17.6 Å². The largest absolute Gasteiger partial charge is 0.380 e. The van der Waals surface area contributed by atoms with E-state index in [0.29, 0.717) is 34.0 Å². The van der Waals surface area contributed by atoms with Crippen molar-refractivity contribution in [3.63, 3.8) is 0 Å². The van der Waals surface area contributed by atoms with Crippen LogP contribution >= 0.6 is 27.5 Å². The number of nitrogens with one attached hydrogen (secondary N) is 2. The maximum Gasteiger partial charge on any atom is 0.301 e. The molecule has 0 radical (unpaired) electrons. The fourth-order valence-electron chi connectivity index (χ4n) is 3.54. The van der Waals surface area contributed by atoms with Crippen LogP contribution in [-0.2, 0) is 22.0 Å². The number of halogens is 3. The monoisotopic (exact) mass is 559 g/mol. The van der Waals surface area contributed by atoms with Gasteiger partial charge in [0, 0.05) is 27.2 Å². The minimum atomic E-state index is -3.92. The number of ether oxygens (including phenoxy) is 1. The van der Waals surface area contributed by atoms with Crippen LogP contribution in [0.3, 0.4) is 0 Å². The van der Waals surface area contributed by atoms with Gasteiger partial charge in [-0.2, -0.15) is 12.7 Å². The number of hydrogen-bond acceptors (Lipinski definition) is 6. The maximum absolute atomic E-state index is 14.7. The highest BCUT2D eigenvalue weighted by Gasteiger charge is 2.32. The molecule has 0 aliphatic carbocycles. The van der Waals surface area contributed by atoms with E-state index in [-0.39, 0.29) is 34.6 Å². The van der Waals surface area contributed by atoms with Gasteiger partial charge in [-0.25, -0.2) is 9.37 Å². The number of anilines is 3. The molecule has 1 aromatic heterocycles. The van der Waals surface area contributed by atoms with Gasteiger partial charge in [0.25, 0.3) is 5.56 Å². The molecule has 4 rings (SSSR count). The van der Waals surface area contributed by atoms with E-state index in [0.717, 1.165) is 6.07 Å². The number of aromatic nitrogens is 2. The number of rotatable bonds is 6. The molecule has 33 heavy (non-hydrogen) atoms. The van der Waals surface area contributed by atoms with Gasteiger partial charge in [0.1, 0.15) is 5.82 Å². The summed E-state index contributed by atoms with van der Waals surface area (Å²) in [6.45, 7) is 0.508. The number of aryl methyl sites for hydroxylation is 1. The lowest BCUT2D eigenvalue weighted by atomic mass is 10.2. The van der Waals surface area contributed by atoms with E-state index >= 15 is 0 Å². The Balaban J connectivity index is 1.68. The predicted octanol–water partition coefficient (Wildman–Crippen LogP) is 3.61. The van der Waals surface area contributed by atoms with Crippen LogP contribution in [0.2, 0.25) is 5.02 Å². The van der Waals surface area contributed by atoms with Crippen LogP contribution in [0.15, 0.2) is 39.9 Å². The Morgan fingerprint density at radius 2 is 2.00 bits per heavy atom. The van der Waals surface area contributed by atoms with Crippen molar-refractivity contribution in [2.45, 2.75) is 12.5 Å². The van der Waals surface area contributed by atoms with Crippen LogP contribution in [0.1, 0.15) is 6.42 Å². The Bertz CT molecular complexity index is 1400. The van der Waals surface area contributed by atoms with Crippen LogP contribution in [-0.4, -0.2) is 48.6 Å². The summed E-state index contributed by atoms with van der Waals surface area (Å²) in [6, 6.07) is 5.57. The molecule has 13 heteroatoms. The van der Waals surface area contributed by atoms with Gasteiger partial charge in [-0.05, 0) is 46.6 Å². The quantitative estimate of drug-likeness (QED) is 0.477. The molecule has 1 aliphatic heterocycles. The number of benzene rings is 2. The molecule has 1 saturated heterocycles. The topological polar surface area (TPSA) is 106 Å². The van der Waals surface area contributed by atoms with Crippen LogP contribution in [0.5, 0.6) is 0 Å². The zero-order valence-corrected chi connectivity index (χ0v) is 20.8. The molecule has 0 bridgehead atoms. The number of nitrogens with zero attached hydrogens (tertiary/aromatic N) is 3. The first-order valence-electron chi connectivity index (χ1n) is 9.82. The van der Waals surface area contributed by atoms with Crippen LogP contribution in [0.4, 0.5) is 21.5 Å². The number of methoxy groups -OCH3 is 1. The molecule has 2 heterocycles. The van der Waals surface area contributed by atoms with Crippen LogP contribution in [0, 0.1) is 5.82 Å². The molecular weight excluding hydrogens is 541 g/mol. The van der Waals surface area contributed by atoms with Gasteiger partial charge in [0.15, 0.2) is 0 Å². The summed E-state index contributed by atoms with van der Waals surface area (Å²) in [5.41, 5.74) is 0.396. The van der Waals surface area contributed by atoms with Crippen LogP contribution in [0.25, 0.3) is 10.9 Å². The van der Waals surface area contributed by atoms with Crippen molar-refractivity contribution in [3.8, 4) is 0 Å². The van der Waals surface area contributed by atoms with Crippen molar-refractivity contribution in [1.82, 2.24) is 13.9 Å². The summed E-state index contributed by atoms with van der Waals surface area (Å²) >= 11 is 9.78. The third-order valence-corrected chi connectivity index (χ3v) is 8.10. The summed E-state index contributed by atoms with van der Waals surface area (Å²) in [7, 11) is -0.822. The van der Waals surface area contributed by atoms with Gasteiger partial charge in [0.2, 0.25) is 0 Å². The summed E-state index contributed by atoms with van der Waals surface area (Å²) in [4.78, 5) is 16.7. The SMILES string of the molecule is CO[C@@H]1CCN(S(=O)(=O)Nc2ccc(F)c(Nc3ccc4ncn(C)c(=O)c4c3Br)c2Cl)C1. The molecule has 0 unspecified atom stereocenters. The van der Waals surface area contributed by atoms with Gasteiger partial charge in [0.05, 0.1) is 49.9 Å². The van der Waals surface area contributed by atoms with E-state index < -0.39 is 16.0 Å². The molecule has 0 spiro atoms. The minimum absolute atomic E-state index is 0.0101. The predicted molar refractivity (Wildman–Crippen MR) is 129 cm³/mol. The summed E-state index contributed by atoms with van der Waals surface area (Å²) in [5.74, 6) is -0.699. The molecule has 0 saturated carbocycles. The second-order valence-corrected chi connectivity index (χ2v) is 10.3. The highest BCUT2D eigenvalue weighted by atomic mass is 79.9. The van der Waals surface area contributed by atoms with Crippen molar-refractivity contribution in [1.29, 1.82) is 0 Å². The molecule has 176 valence electrons. The average molecular weight is 561 g/mol. The molecule has 2 aromatic carbocycles. The summed E-state index contributed by atoms with van der Waals surface area (Å²) < 4.78 is 50.8. The molecule has 0 amide bonds.